The number of carbonyl (C=O) groups is 2. The summed E-state index contributed by atoms with van der Waals surface area (Å²) >= 11 is 3.37. The van der Waals surface area contributed by atoms with Crippen molar-refractivity contribution in [2.75, 3.05) is 5.32 Å². The number of nitrogens with one attached hydrogen (secondary N) is 2. The zero-order chi connectivity index (χ0) is 23.4. The zero-order valence-electron chi connectivity index (χ0n) is 17.9. The van der Waals surface area contributed by atoms with Crippen molar-refractivity contribution in [1.29, 1.82) is 0 Å². The standard InChI is InChI=1S/C21H21BrN8O3/c1-28-12-14(10-24-28)9-23-21(32)19-18(11-25-29(19)2)26-20(31)17-7-8-30(27-17)13-33-16-5-3-15(22)4-6-16/h3-8,10-12H,9,13H2,1-2H3,(H,23,32)(H,26,31). The summed E-state index contributed by atoms with van der Waals surface area (Å²) in [6, 6.07) is 8.96. The minimum atomic E-state index is -0.466. The van der Waals surface area contributed by atoms with Crippen LogP contribution in [0.2, 0.25) is 0 Å². The predicted molar refractivity (Wildman–Crippen MR) is 123 cm³/mol. The van der Waals surface area contributed by atoms with Crippen LogP contribution in [0, 0.1) is 0 Å². The summed E-state index contributed by atoms with van der Waals surface area (Å²) < 4.78 is 11.2. The Morgan fingerprint density at radius 1 is 1.06 bits per heavy atom. The van der Waals surface area contributed by atoms with E-state index in [0.717, 1.165) is 10.0 Å². The van der Waals surface area contributed by atoms with Gasteiger partial charge in [0.05, 0.1) is 18.1 Å². The number of benzene rings is 1. The molecule has 0 spiro atoms. The Hall–Kier alpha value is -3.93. The van der Waals surface area contributed by atoms with Crippen molar-refractivity contribution in [2.24, 2.45) is 14.1 Å². The van der Waals surface area contributed by atoms with Crippen LogP contribution in [0.4, 0.5) is 5.69 Å². The highest BCUT2D eigenvalue weighted by molar-refractivity contribution is 9.10. The lowest BCUT2D eigenvalue weighted by Crippen LogP contribution is -2.26. The molecule has 3 aromatic heterocycles. The third-order valence-electron chi connectivity index (χ3n) is 4.66. The van der Waals surface area contributed by atoms with Gasteiger partial charge in [0, 0.05) is 43.1 Å². The van der Waals surface area contributed by atoms with Gasteiger partial charge in [-0.15, -0.1) is 0 Å². The number of carbonyl (C=O) groups excluding carboxylic acids is 2. The summed E-state index contributed by atoms with van der Waals surface area (Å²) in [5.41, 5.74) is 1.55. The maximum atomic E-state index is 12.7. The summed E-state index contributed by atoms with van der Waals surface area (Å²) in [4.78, 5) is 25.4. The van der Waals surface area contributed by atoms with E-state index in [1.165, 1.54) is 15.6 Å². The molecule has 33 heavy (non-hydrogen) atoms. The van der Waals surface area contributed by atoms with Gasteiger partial charge < -0.3 is 15.4 Å². The van der Waals surface area contributed by atoms with Gasteiger partial charge in [-0.3, -0.25) is 19.0 Å². The van der Waals surface area contributed by atoms with Gasteiger partial charge >= 0.3 is 0 Å². The molecule has 0 unspecified atom stereocenters. The van der Waals surface area contributed by atoms with Gasteiger partial charge in [-0.2, -0.15) is 15.3 Å². The molecule has 2 amide bonds. The van der Waals surface area contributed by atoms with E-state index in [2.05, 4.69) is 41.9 Å². The number of halogens is 1. The molecule has 2 N–H and O–H groups in total. The lowest BCUT2D eigenvalue weighted by Gasteiger charge is -2.08. The number of hydrogen-bond donors (Lipinski definition) is 2. The largest absolute Gasteiger partial charge is 0.471 e. The van der Waals surface area contributed by atoms with Gasteiger partial charge in [-0.05, 0) is 30.3 Å². The Bertz CT molecular complexity index is 1270. The van der Waals surface area contributed by atoms with Crippen LogP contribution in [0.3, 0.4) is 0 Å². The molecule has 0 saturated heterocycles. The van der Waals surface area contributed by atoms with Gasteiger partial charge in [0.15, 0.2) is 12.4 Å². The second-order valence-corrected chi connectivity index (χ2v) is 8.07. The highest BCUT2D eigenvalue weighted by Gasteiger charge is 2.20. The normalized spacial score (nSPS) is 10.8. The molecule has 170 valence electrons. The number of aryl methyl sites for hydroxylation is 2. The van der Waals surface area contributed by atoms with Crippen molar-refractivity contribution < 1.29 is 14.3 Å². The fourth-order valence-electron chi connectivity index (χ4n) is 3.04. The van der Waals surface area contributed by atoms with Crippen molar-refractivity contribution in [2.45, 2.75) is 13.3 Å². The number of rotatable bonds is 8. The minimum Gasteiger partial charge on any atom is -0.471 e. The van der Waals surface area contributed by atoms with E-state index >= 15 is 0 Å². The maximum absolute atomic E-state index is 12.7. The summed E-state index contributed by atoms with van der Waals surface area (Å²) in [6.45, 7) is 0.442. The number of nitrogens with zero attached hydrogens (tertiary/aromatic N) is 6. The second kappa shape index (κ2) is 9.69. The molecule has 0 saturated carbocycles. The van der Waals surface area contributed by atoms with E-state index in [-0.39, 0.29) is 29.7 Å². The molecule has 0 fully saturated rings. The molecule has 0 aliphatic heterocycles. The number of ether oxygens (including phenoxy) is 1. The first-order valence-corrected chi connectivity index (χ1v) is 10.7. The average molecular weight is 513 g/mol. The average Bonchev–Trinajstić information content (AvgIpc) is 3.52. The summed E-state index contributed by atoms with van der Waals surface area (Å²) in [5.74, 6) is -0.161. The quantitative estimate of drug-likeness (QED) is 0.373. The second-order valence-electron chi connectivity index (χ2n) is 7.16. The zero-order valence-corrected chi connectivity index (χ0v) is 19.5. The lowest BCUT2D eigenvalue weighted by molar-refractivity contribution is 0.0942. The van der Waals surface area contributed by atoms with Crippen LogP contribution in [-0.4, -0.2) is 41.2 Å². The van der Waals surface area contributed by atoms with Crippen molar-refractivity contribution >= 4 is 33.4 Å². The molecule has 4 rings (SSSR count). The summed E-state index contributed by atoms with van der Waals surface area (Å²) in [7, 11) is 3.43. The molecule has 0 aliphatic carbocycles. The van der Waals surface area contributed by atoms with Gasteiger partial charge in [0.1, 0.15) is 11.4 Å². The van der Waals surface area contributed by atoms with E-state index in [0.29, 0.717) is 12.3 Å². The molecule has 0 atom stereocenters. The molecule has 0 aliphatic rings. The van der Waals surface area contributed by atoms with E-state index in [9.17, 15) is 9.59 Å². The van der Waals surface area contributed by atoms with E-state index < -0.39 is 5.91 Å². The number of aromatic nitrogens is 6. The molecule has 0 bridgehead atoms. The third kappa shape index (κ3) is 5.47. The molecule has 0 radical (unpaired) electrons. The predicted octanol–water partition coefficient (Wildman–Crippen LogP) is 2.33. The molecular weight excluding hydrogens is 492 g/mol. The van der Waals surface area contributed by atoms with Crippen LogP contribution < -0.4 is 15.4 Å². The highest BCUT2D eigenvalue weighted by atomic mass is 79.9. The summed E-state index contributed by atoms with van der Waals surface area (Å²) in [6.07, 6.45) is 6.54. The first-order chi connectivity index (χ1) is 15.9. The molecule has 4 aromatic rings. The smallest absolute Gasteiger partial charge is 0.276 e. The number of hydrogen-bond acceptors (Lipinski definition) is 6. The molecule has 1 aromatic carbocycles. The van der Waals surface area contributed by atoms with E-state index in [1.807, 2.05) is 30.5 Å². The number of anilines is 1. The maximum Gasteiger partial charge on any atom is 0.276 e. The van der Waals surface area contributed by atoms with Crippen LogP contribution in [0.15, 0.2) is 59.6 Å². The SMILES string of the molecule is Cn1cc(CNC(=O)c2c(NC(=O)c3ccn(COc4ccc(Br)cc4)n3)cnn2C)cn1. The van der Waals surface area contributed by atoms with Crippen molar-refractivity contribution in [1.82, 2.24) is 34.7 Å². The van der Waals surface area contributed by atoms with Gasteiger partial charge in [-0.1, -0.05) is 15.9 Å². The van der Waals surface area contributed by atoms with Gasteiger partial charge in [0.25, 0.3) is 11.8 Å². The Kier molecular flexibility index (Phi) is 6.54. The van der Waals surface area contributed by atoms with Crippen LogP contribution in [-0.2, 0) is 27.4 Å². The van der Waals surface area contributed by atoms with Gasteiger partial charge in [0.2, 0.25) is 0 Å². The lowest BCUT2D eigenvalue weighted by atomic mass is 10.3. The topological polar surface area (TPSA) is 121 Å². The number of amides is 2. The molecule has 11 nitrogen and oxygen atoms in total. The van der Waals surface area contributed by atoms with E-state index in [1.54, 1.807) is 37.2 Å². The Morgan fingerprint density at radius 3 is 2.58 bits per heavy atom. The highest BCUT2D eigenvalue weighted by Crippen LogP contribution is 2.17. The Balaban J connectivity index is 1.37. The fraction of sp³-hybridized carbons (Fsp3) is 0.190. The van der Waals surface area contributed by atoms with Crippen molar-refractivity contribution in [3.8, 4) is 5.75 Å². The minimum absolute atomic E-state index is 0.143. The Morgan fingerprint density at radius 2 is 1.85 bits per heavy atom. The van der Waals surface area contributed by atoms with E-state index in [4.69, 9.17) is 4.74 Å². The fourth-order valence-corrected chi connectivity index (χ4v) is 3.30. The van der Waals surface area contributed by atoms with Crippen LogP contribution in [0.5, 0.6) is 5.75 Å². The van der Waals surface area contributed by atoms with Crippen molar-refractivity contribution in [3.05, 3.63) is 76.5 Å². The van der Waals surface area contributed by atoms with Crippen LogP contribution in [0.1, 0.15) is 26.5 Å². The molecule has 3 heterocycles. The third-order valence-corrected chi connectivity index (χ3v) is 5.19. The van der Waals surface area contributed by atoms with Crippen molar-refractivity contribution in [3.63, 3.8) is 0 Å². The first-order valence-electron chi connectivity index (χ1n) is 9.90. The molecular formula is C21H21BrN8O3. The van der Waals surface area contributed by atoms with Gasteiger partial charge in [-0.25, -0.2) is 4.68 Å². The monoisotopic (exact) mass is 512 g/mol. The Labute approximate surface area is 197 Å². The first kappa shape index (κ1) is 22.3. The summed E-state index contributed by atoms with van der Waals surface area (Å²) in [5, 5.41) is 17.9. The molecule has 12 heteroatoms. The van der Waals surface area contributed by atoms with Crippen LogP contribution in [0.25, 0.3) is 0 Å². The van der Waals surface area contributed by atoms with Crippen LogP contribution >= 0.6 is 15.9 Å².